The van der Waals surface area contributed by atoms with E-state index in [1.807, 2.05) is 24.3 Å². The summed E-state index contributed by atoms with van der Waals surface area (Å²) in [5, 5.41) is 17.8. The molecule has 0 spiro atoms. The van der Waals surface area contributed by atoms with Crippen LogP contribution in [0.4, 0.5) is 0 Å². The summed E-state index contributed by atoms with van der Waals surface area (Å²) >= 11 is 6.01. The fraction of sp³-hybridized carbons (Fsp3) is 0.160. The molecule has 1 amide bonds. The molecular weight excluding hydrogens is 458 g/mol. The van der Waals surface area contributed by atoms with Crippen LogP contribution >= 0.6 is 11.6 Å². The SMILES string of the molecule is O=C(O)c1ccc(CNC(=O)c2cc3c(c4cnn(Cc5ccc(Cl)cc5)c24)OCCO3)cc1. The Labute approximate surface area is 199 Å². The molecule has 8 nitrogen and oxygen atoms in total. The molecule has 4 aromatic rings. The van der Waals surface area contributed by atoms with Crippen LogP contribution in [0.1, 0.15) is 31.8 Å². The van der Waals surface area contributed by atoms with Crippen molar-refractivity contribution >= 4 is 34.4 Å². The number of halogens is 1. The number of aromatic nitrogens is 2. The lowest BCUT2D eigenvalue weighted by atomic mass is 10.1. The zero-order valence-electron chi connectivity index (χ0n) is 18.0. The monoisotopic (exact) mass is 477 g/mol. The minimum Gasteiger partial charge on any atom is -0.486 e. The summed E-state index contributed by atoms with van der Waals surface area (Å²) in [6.45, 7) is 1.49. The van der Waals surface area contributed by atoms with Gasteiger partial charge in [-0.2, -0.15) is 5.10 Å². The first-order valence-corrected chi connectivity index (χ1v) is 11.0. The van der Waals surface area contributed by atoms with Crippen molar-refractivity contribution in [1.82, 2.24) is 15.1 Å². The highest BCUT2D eigenvalue weighted by atomic mass is 35.5. The first-order valence-electron chi connectivity index (χ1n) is 10.6. The standard InChI is InChI=1S/C25H20ClN3O5/c26-18-7-3-16(4-8-18)14-29-22-19(11-21-23(20(22)13-28-29)34-10-9-33-21)24(30)27-12-15-1-5-17(6-2-15)25(31)32/h1-8,11,13H,9-10,12,14H2,(H,27,30)(H,31,32). The van der Waals surface area contributed by atoms with E-state index in [1.54, 1.807) is 29.1 Å². The molecule has 172 valence electrons. The molecule has 0 aliphatic carbocycles. The number of fused-ring (bicyclic) bond motifs is 3. The lowest BCUT2D eigenvalue weighted by Crippen LogP contribution is -2.24. The number of benzene rings is 3. The van der Waals surface area contributed by atoms with Crippen molar-refractivity contribution in [1.29, 1.82) is 0 Å². The summed E-state index contributed by atoms with van der Waals surface area (Å²) in [7, 11) is 0. The fourth-order valence-electron chi connectivity index (χ4n) is 3.88. The number of rotatable bonds is 6. The molecule has 0 atom stereocenters. The van der Waals surface area contributed by atoms with E-state index in [9.17, 15) is 9.59 Å². The number of hydrogen-bond acceptors (Lipinski definition) is 5. The van der Waals surface area contributed by atoms with Crippen LogP contribution in [-0.4, -0.2) is 40.0 Å². The van der Waals surface area contributed by atoms with E-state index < -0.39 is 5.97 Å². The maximum Gasteiger partial charge on any atom is 0.335 e. The zero-order valence-corrected chi connectivity index (χ0v) is 18.7. The van der Waals surface area contributed by atoms with Gasteiger partial charge in [-0.05, 0) is 41.5 Å². The second kappa shape index (κ2) is 9.07. The summed E-state index contributed by atoms with van der Waals surface area (Å²) < 4.78 is 13.3. The highest BCUT2D eigenvalue weighted by Crippen LogP contribution is 2.40. The van der Waals surface area contributed by atoms with Gasteiger partial charge in [0, 0.05) is 11.6 Å². The van der Waals surface area contributed by atoms with E-state index >= 15 is 0 Å². The first-order chi connectivity index (χ1) is 16.5. The molecule has 1 aliphatic rings. The number of carbonyl (C=O) groups is 2. The molecule has 5 rings (SSSR count). The molecular formula is C25H20ClN3O5. The van der Waals surface area contributed by atoms with Crippen molar-refractivity contribution in [2.45, 2.75) is 13.1 Å². The minimum atomic E-state index is -0.997. The highest BCUT2D eigenvalue weighted by Gasteiger charge is 2.24. The van der Waals surface area contributed by atoms with Gasteiger partial charge in [-0.15, -0.1) is 0 Å². The van der Waals surface area contributed by atoms with Crippen molar-refractivity contribution in [3.05, 3.63) is 88.1 Å². The number of carboxylic acid groups (broad SMARTS) is 1. The van der Waals surface area contributed by atoms with Gasteiger partial charge in [0.2, 0.25) is 0 Å². The van der Waals surface area contributed by atoms with E-state index in [-0.39, 0.29) is 18.0 Å². The second-order valence-electron chi connectivity index (χ2n) is 7.82. The summed E-state index contributed by atoms with van der Waals surface area (Å²) in [6, 6.07) is 15.5. The Morgan fingerprint density at radius 3 is 2.47 bits per heavy atom. The molecule has 2 N–H and O–H groups in total. The zero-order chi connectivity index (χ0) is 23.7. The summed E-state index contributed by atoms with van der Waals surface area (Å²) in [6.07, 6.45) is 1.68. The number of nitrogens with one attached hydrogen (secondary N) is 1. The maximum atomic E-state index is 13.3. The van der Waals surface area contributed by atoms with Gasteiger partial charge < -0.3 is 19.9 Å². The van der Waals surface area contributed by atoms with Gasteiger partial charge in [0.15, 0.2) is 11.5 Å². The Morgan fingerprint density at radius 1 is 1.03 bits per heavy atom. The smallest absolute Gasteiger partial charge is 0.335 e. The minimum absolute atomic E-state index is 0.190. The van der Waals surface area contributed by atoms with Gasteiger partial charge in [-0.1, -0.05) is 35.9 Å². The quantitative estimate of drug-likeness (QED) is 0.432. The average Bonchev–Trinajstić information content (AvgIpc) is 3.27. The number of nitrogens with zero attached hydrogens (tertiary/aromatic N) is 2. The topological polar surface area (TPSA) is 103 Å². The third-order valence-corrected chi connectivity index (χ3v) is 5.82. The third-order valence-electron chi connectivity index (χ3n) is 5.57. The lowest BCUT2D eigenvalue weighted by molar-refractivity contribution is 0.0696. The van der Waals surface area contributed by atoms with Crippen LogP contribution in [0.3, 0.4) is 0 Å². The Kier molecular flexibility index (Phi) is 5.81. The molecule has 0 fully saturated rings. The summed E-state index contributed by atoms with van der Waals surface area (Å²) in [5.41, 5.74) is 3.00. The van der Waals surface area contributed by atoms with Gasteiger partial charge in [-0.3, -0.25) is 9.48 Å². The number of carboxylic acids is 1. The molecule has 3 aromatic carbocycles. The van der Waals surface area contributed by atoms with E-state index in [2.05, 4.69) is 10.4 Å². The lowest BCUT2D eigenvalue weighted by Gasteiger charge is -2.20. The number of amides is 1. The number of carbonyl (C=O) groups excluding carboxylic acids is 1. The van der Waals surface area contributed by atoms with Gasteiger partial charge in [0.25, 0.3) is 5.91 Å². The van der Waals surface area contributed by atoms with Crippen LogP contribution in [0, 0.1) is 0 Å². The predicted octanol–water partition coefficient (Wildman–Crippen LogP) is 4.14. The van der Waals surface area contributed by atoms with Crippen LogP contribution in [-0.2, 0) is 13.1 Å². The fourth-order valence-corrected chi connectivity index (χ4v) is 4.01. The van der Waals surface area contributed by atoms with E-state index in [0.717, 1.165) is 11.1 Å². The molecule has 9 heteroatoms. The highest BCUT2D eigenvalue weighted by molar-refractivity contribution is 6.30. The summed E-state index contributed by atoms with van der Waals surface area (Å²) in [4.78, 5) is 24.3. The summed E-state index contributed by atoms with van der Waals surface area (Å²) in [5.74, 6) is -0.226. The molecule has 1 aromatic heterocycles. The van der Waals surface area contributed by atoms with Crippen molar-refractivity contribution in [2.24, 2.45) is 0 Å². The van der Waals surface area contributed by atoms with Crippen molar-refractivity contribution in [3.63, 3.8) is 0 Å². The van der Waals surface area contributed by atoms with E-state index in [4.69, 9.17) is 26.2 Å². The maximum absolute atomic E-state index is 13.3. The molecule has 0 unspecified atom stereocenters. The first kappa shape index (κ1) is 21.8. The number of hydrogen-bond donors (Lipinski definition) is 2. The van der Waals surface area contributed by atoms with Crippen molar-refractivity contribution in [3.8, 4) is 11.5 Å². The Hall–Kier alpha value is -4.04. The molecule has 0 radical (unpaired) electrons. The van der Waals surface area contributed by atoms with Crippen molar-refractivity contribution < 1.29 is 24.2 Å². The Balaban J connectivity index is 1.48. The van der Waals surface area contributed by atoms with Crippen LogP contribution in [0.25, 0.3) is 10.9 Å². The number of ether oxygens (including phenoxy) is 2. The Bertz CT molecular complexity index is 1380. The van der Waals surface area contributed by atoms with E-state index in [1.165, 1.54) is 12.1 Å². The molecule has 1 aliphatic heterocycles. The van der Waals surface area contributed by atoms with Crippen LogP contribution in [0.15, 0.2) is 60.8 Å². The molecule has 0 saturated carbocycles. The number of aromatic carboxylic acids is 1. The van der Waals surface area contributed by atoms with Gasteiger partial charge >= 0.3 is 5.97 Å². The second-order valence-corrected chi connectivity index (χ2v) is 8.26. The van der Waals surface area contributed by atoms with Gasteiger partial charge in [0.05, 0.1) is 34.8 Å². The molecule has 34 heavy (non-hydrogen) atoms. The van der Waals surface area contributed by atoms with Crippen LogP contribution < -0.4 is 14.8 Å². The average molecular weight is 478 g/mol. The molecule has 0 saturated heterocycles. The third kappa shape index (κ3) is 4.27. The van der Waals surface area contributed by atoms with Crippen LogP contribution in [0.2, 0.25) is 5.02 Å². The predicted molar refractivity (Wildman–Crippen MR) is 126 cm³/mol. The largest absolute Gasteiger partial charge is 0.486 e. The van der Waals surface area contributed by atoms with E-state index in [0.29, 0.717) is 52.7 Å². The molecule has 2 heterocycles. The molecule has 0 bridgehead atoms. The van der Waals surface area contributed by atoms with Gasteiger partial charge in [-0.25, -0.2) is 4.79 Å². The van der Waals surface area contributed by atoms with Crippen molar-refractivity contribution in [2.75, 3.05) is 13.2 Å². The normalized spacial score (nSPS) is 12.5. The van der Waals surface area contributed by atoms with Gasteiger partial charge in [0.1, 0.15) is 13.2 Å². The Morgan fingerprint density at radius 2 is 1.74 bits per heavy atom. The van der Waals surface area contributed by atoms with Crippen LogP contribution in [0.5, 0.6) is 11.5 Å².